The van der Waals surface area contributed by atoms with Gasteiger partial charge in [-0.2, -0.15) is 0 Å². The van der Waals surface area contributed by atoms with Gasteiger partial charge in [-0.05, 0) is 49.6 Å². The van der Waals surface area contributed by atoms with Crippen LogP contribution in [0.2, 0.25) is 5.02 Å². The Labute approximate surface area is 147 Å². The molecule has 0 bridgehead atoms. The van der Waals surface area contributed by atoms with E-state index in [0.717, 1.165) is 30.2 Å². The molecular formula is C19H22ClN3O. The average Bonchev–Trinajstić information content (AvgIpc) is 2.87. The van der Waals surface area contributed by atoms with Crippen molar-refractivity contribution in [2.24, 2.45) is 0 Å². The van der Waals surface area contributed by atoms with E-state index in [4.69, 9.17) is 11.6 Å². The molecule has 0 spiro atoms. The summed E-state index contributed by atoms with van der Waals surface area (Å²) in [5.74, 6) is 0.671. The Morgan fingerprint density at radius 1 is 1.12 bits per heavy atom. The molecule has 0 atom stereocenters. The number of nitrogens with zero attached hydrogens (tertiary/aromatic N) is 2. The Bertz CT molecular complexity index is 724. The van der Waals surface area contributed by atoms with Crippen molar-refractivity contribution in [1.82, 2.24) is 4.98 Å². The first-order valence-electron chi connectivity index (χ1n) is 8.43. The lowest BCUT2D eigenvalue weighted by Gasteiger charge is -2.21. The summed E-state index contributed by atoms with van der Waals surface area (Å²) in [4.78, 5) is 19.4. The summed E-state index contributed by atoms with van der Waals surface area (Å²) in [5.41, 5.74) is 2.11. The fourth-order valence-electron chi connectivity index (χ4n) is 2.94. The average molecular weight is 344 g/mol. The summed E-state index contributed by atoms with van der Waals surface area (Å²) in [6, 6.07) is 11.1. The number of aromatic nitrogens is 1. The number of anilines is 2. The summed E-state index contributed by atoms with van der Waals surface area (Å²) < 4.78 is 0. The molecule has 3 rings (SSSR count). The van der Waals surface area contributed by atoms with Crippen LogP contribution < -0.4 is 10.2 Å². The highest BCUT2D eigenvalue weighted by atomic mass is 35.5. The first kappa shape index (κ1) is 16.8. The number of hydrogen-bond acceptors (Lipinski definition) is 3. The molecule has 1 aromatic carbocycles. The number of carbonyl (C=O) groups is 1. The second-order valence-corrected chi connectivity index (χ2v) is 6.63. The largest absolute Gasteiger partial charge is 0.357 e. The third kappa shape index (κ3) is 4.06. The highest BCUT2D eigenvalue weighted by molar-refractivity contribution is 6.31. The Kier molecular flexibility index (Phi) is 5.36. The van der Waals surface area contributed by atoms with E-state index in [0.29, 0.717) is 10.7 Å². The van der Waals surface area contributed by atoms with Crippen LogP contribution in [-0.2, 0) is 0 Å². The van der Waals surface area contributed by atoms with Crippen LogP contribution in [0, 0.1) is 6.92 Å². The molecule has 24 heavy (non-hydrogen) atoms. The van der Waals surface area contributed by atoms with Gasteiger partial charge in [-0.3, -0.25) is 4.79 Å². The number of hydrogen-bond donors (Lipinski definition) is 1. The molecule has 0 unspecified atom stereocenters. The predicted octanol–water partition coefficient (Wildman–Crippen LogP) is 4.68. The van der Waals surface area contributed by atoms with E-state index in [1.165, 1.54) is 25.7 Å². The Hall–Kier alpha value is -2.07. The summed E-state index contributed by atoms with van der Waals surface area (Å²) in [7, 11) is 0. The molecule has 1 N–H and O–H groups in total. The number of rotatable bonds is 3. The topological polar surface area (TPSA) is 45.2 Å². The number of pyridine rings is 1. The highest BCUT2D eigenvalue weighted by Crippen LogP contribution is 2.22. The van der Waals surface area contributed by atoms with Crippen LogP contribution in [0.25, 0.3) is 0 Å². The third-order valence-electron chi connectivity index (χ3n) is 4.34. The molecule has 0 saturated carbocycles. The van der Waals surface area contributed by atoms with Crippen molar-refractivity contribution in [2.45, 2.75) is 32.6 Å². The fourth-order valence-corrected chi connectivity index (χ4v) is 3.11. The lowest BCUT2D eigenvalue weighted by Crippen LogP contribution is -2.26. The Morgan fingerprint density at radius 3 is 2.62 bits per heavy atom. The van der Waals surface area contributed by atoms with Gasteiger partial charge in [0.1, 0.15) is 11.5 Å². The van der Waals surface area contributed by atoms with Crippen LogP contribution in [0.4, 0.5) is 11.5 Å². The van der Waals surface area contributed by atoms with Crippen LogP contribution in [0.3, 0.4) is 0 Å². The van der Waals surface area contributed by atoms with Crippen LogP contribution in [-0.4, -0.2) is 24.0 Å². The van der Waals surface area contributed by atoms with E-state index in [1.807, 2.05) is 31.2 Å². The van der Waals surface area contributed by atoms with Crippen molar-refractivity contribution >= 4 is 29.0 Å². The number of aryl methyl sites for hydroxylation is 1. The SMILES string of the molecule is Cc1ccc(Cl)cc1NC(=O)c1cccc(N2CCCCCC2)n1. The zero-order valence-electron chi connectivity index (χ0n) is 13.9. The van der Waals surface area contributed by atoms with Crippen molar-refractivity contribution in [1.29, 1.82) is 0 Å². The van der Waals surface area contributed by atoms with Crippen molar-refractivity contribution in [3.05, 3.63) is 52.7 Å². The monoisotopic (exact) mass is 343 g/mol. The molecule has 5 heteroatoms. The van der Waals surface area contributed by atoms with E-state index >= 15 is 0 Å². The molecule has 126 valence electrons. The fraction of sp³-hybridized carbons (Fsp3) is 0.368. The molecule has 1 saturated heterocycles. The maximum absolute atomic E-state index is 12.5. The molecule has 4 nitrogen and oxygen atoms in total. The molecule has 1 aromatic heterocycles. The minimum Gasteiger partial charge on any atom is -0.357 e. The molecule has 0 radical (unpaired) electrons. The summed E-state index contributed by atoms with van der Waals surface area (Å²) in [6.45, 7) is 3.95. The molecule has 2 heterocycles. The number of benzene rings is 1. The molecular weight excluding hydrogens is 322 g/mol. The van der Waals surface area contributed by atoms with Gasteiger partial charge in [0.05, 0.1) is 0 Å². The maximum Gasteiger partial charge on any atom is 0.274 e. The van der Waals surface area contributed by atoms with Crippen LogP contribution >= 0.6 is 11.6 Å². The molecule has 2 aromatic rings. The van der Waals surface area contributed by atoms with Gasteiger partial charge in [0.15, 0.2) is 0 Å². The molecule has 1 amide bonds. The van der Waals surface area contributed by atoms with Crippen molar-refractivity contribution < 1.29 is 4.79 Å². The molecule has 1 aliphatic heterocycles. The zero-order valence-corrected chi connectivity index (χ0v) is 14.6. The quantitative estimate of drug-likeness (QED) is 0.880. The minimum atomic E-state index is -0.211. The Morgan fingerprint density at radius 2 is 1.88 bits per heavy atom. The normalized spacial score (nSPS) is 15.0. The van der Waals surface area contributed by atoms with E-state index < -0.39 is 0 Å². The van der Waals surface area contributed by atoms with Gasteiger partial charge >= 0.3 is 0 Å². The summed E-state index contributed by atoms with van der Waals surface area (Å²) in [5, 5.41) is 3.50. The Balaban J connectivity index is 1.77. The number of nitrogens with one attached hydrogen (secondary N) is 1. The van der Waals surface area contributed by atoms with E-state index in [1.54, 1.807) is 12.1 Å². The first-order chi connectivity index (χ1) is 11.6. The summed E-state index contributed by atoms with van der Waals surface area (Å²) >= 11 is 6.01. The second kappa shape index (κ2) is 7.67. The lowest BCUT2D eigenvalue weighted by molar-refractivity contribution is 0.102. The van der Waals surface area contributed by atoms with Crippen molar-refractivity contribution in [3.63, 3.8) is 0 Å². The van der Waals surface area contributed by atoms with Crippen LogP contribution in [0.15, 0.2) is 36.4 Å². The first-order valence-corrected chi connectivity index (χ1v) is 8.81. The van der Waals surface area contributed by atoms with E-state index in [2.05, 4.69) is 15.2 Å². The van der Waals surface area contributed by atoms with Crippen LogP contribution in [0.1, 0.15) is 41.7 Å². The minimum absolute atomic E-state index is 0.211. The molecule has 1 fully saturated rings. The number of amides is 1. The van der Waals surface area contributed by atoms with Gasteiger partial charge in [0, 0.05) is 23.8 Å². The smallest absolute Gasteiger partial charge is 0.274 e. The lowest BCUT2D eigenvalue weighted by atomic mass is 10.2. The van der Waals surface area contributed by atoms with E-state index in [-0.39, 0.29) is 5.91 Å². The number of carbonyl (C=O) groups excluding carboxylic acids is 1. The van der Waals surface area contributed by atoms with E-state index in [9.17, 15) is 4.79 Å². The van der Waals surface area contributed by atoms with Gasteiger partial charge in [-0.1, -0.05) is 36.6 Å². The van der Waals surface area contributed by atoms with Crippen molar-refractivity contribution in [3.8, 4) is 0 Å². The summed E-state index contributed by atoms with van der Waals surface area (Å²) in [6.07, 6.45) is 4.90. The standard InChI is InChI=1S/C19H22ClN3O/c1-14-9-10-15(20)13-17(14)22-19(24)16-7-6-8-18(21-16)23-11-4-2-3-5-12-23/h6-10,13H,2-5,11-12H2,1H3,(H,22,24). The van der Waals surface area contributed by atoms with Gasteiger partial charge < -0.3 is 10.2 Å². The third-order valence-corrected chi connectivity index (χ3v) is 4.58. The van der Waals surface area contributed by atoms with Crippen molar-refractivity contribution in [2.75, 3.05) is 23.3 Å². The highest BCUT2D eigenvalue weighted by Gasteiger charge is 2.14. The van der Waals surface area contributed by atoms with Gasteiger partial charge in [-0.15, -0.1) is 0 Å². The zero-order chi connectivity index (χ0) is 16.9. The second-order valence-electron chi connectivity index (χ2n) is 6.20. The van der Waals surface area contributed by atoms with Crippen LogP contribution in [0.5, 0.6) is 0 Å². The number of halogens is 1. The van der Waals surface area contributed by atoms with Gasteiger partial charge in [0.2, 0.25) is 0 Å². The van der Waals surface area contributed by atoms with Gasteiger partial charge in [-0.25, -0.2) is 4.98 Å². The predicted molar refractivity (Wildman–Crippen MR) is 99.1 cm³/mol. The van der Waals surface area contributed by atoms with Gasteiger partial charge in [0.25, 0.3) is 5.91 Å². The molecule has 1 aliphatic rings. The molecule has 0 aliphatic carbocycles. The maximum atomic E-state index is 12.5.